The van der Waals surface area contributed by atoms with E-state index in [1.807, 2.05) is 120 Å². The van der Waals surface area contributed by atoms with Crippen molar-refractivity contribution in [2.75, 3.05) is 39.4 Å². The smallest absolute Gasteiger partial charge is 0.306 e. The molecule has 81 heavy (non-hydrogen) atoms. The van der Waals surface area contributed by atoms with Crippen LogP contribution < -0.4 is 14.8 Å². The number of hydrogen-bond donors (Lipinski definition) is 1. The molecule has 8 aromatic rings. The Bertz CT molecular complexity index is 3360. The lowest BCUT2D eigenvalue weighted by molar-refractivity contribution is -0.143. The molecule has 2 aromatic heterocycles. The third-order valence-electron chi connectivity index (χ3n) is 14.8. The number of amides is 1. The number of methoxy groups -OCH3 is 2. The van der Waals surface area contributed by atoms with Gasteiger partial charge in [0.15, 0.2) is 17.0 Å². The van der Waals surface area contributed by atoms with Crippen molar-refractivity contribution in [3.05, 3.63) is 203 Å². The van der Waals surface area contributed by atoms with E-state index in [0.29, 0.717) is 41.1 Å². The van der Waals surface area contributed by atoms with Crippen LogP contribution in [0.3, 0.4) is 0 Å². The molecule has 1 aliphatic heterocycles. The first-order valence-corrected chi connectivity index (χ1v) is 28.4. The second-order valence-electron chi connectivity index (χ2n) is 20.5. The molecule has 1 fully saturated rings. The van der Waals surface area contributed by atoms with Crippen molar-refractivity contribution in [3.63, 3.8) is 0 Å². The maximum absolute atomic E-state index is 13.9. The molecule has 6 aromatic carbocycles. The number of nitrogens with zero attached hydrogens (tertiary/aromatic N) is 6. The summed E-state index contributed by atoms with van der Waals surface area (Å²) in [5.74, 6) is 0.933. The monoisotopic (exact) mass is 1110 g/mol. The first kappa shape index (κ1) is 56.4. The van der Waals surface area contributed by atoms with Crippen LogP contribution in [0.1, 0.15) is 103 Å². The third kappa shape index (κ3) is 12.3. The lowest BCUT2D eigenvalue weighted by Gasteiger charge is -2.39. The normalized spacial score (nSPS) is 16.3. The highest BCUT2D eigenvalue weighted by Gasteiger charge is 2.45. The Morgan fingerprint density at radius 1 is 0.765 bits per heavy atom. The van der Waals surface area contributed by atoms with Gasteiger partial charge in [-0.25, -0.2) is 19.6 Å². The number of nitriles is 1. The quantitative estimate of drug-likeness (QED) is 0.0261. The molecule has 0 radical (unpaired) electrons. The van der Waals surface area contributed by atoms with Gasteiger partial charge in [0.1, 0.15) is 42.4 Å². The van der Waals surface area contributed by atoms with Crippen LogP contribution in [0.25, 0.3) is 22.3 Å². The first-order chi connectivity index (χ1) is 39.5. The van der Waals surface area contributed by atoms with Gasteiger partial charge in [0.25, 0.3) is 14.4 Å². The Kier molecular flexibility index (Phi) is 17.9. The van der Waals surface area contributed by atoms with Gasteiger partial charge >= 0.3 is 5.97 Å². The number of ether oxygens (including phenoxy) is 5. The van der Waals surface area contributed by atoms with Gasteiger partial charge in [-0.3, -0.25) is 14.2 Å². The van der Waals surface area contributed by atoms with Crippen LogP contribution in [0.15, 0.2) is 164 Å². The molecule has 3 heterocycles. The maximum Gasteiger partial charge on any atom is 0.306 e. The van der Waals surface area contributed by atoms with Crippen LogP contribution in [-0.2, 0) is 40.1 Å². The van der Waals surface area contributed by atoms with Crippen molar-refractivity contribution in [2.24, 2.45) is 0 Å². The summed E-state index contributed by atoms with van der Waals surface area (Å²) in [6, 6.07) is 51.7. The van der Waals surface area contributed by atoms with Gasteiger partial charge < -0.3 is 38.0 Å². The molecule has 0 saturated carbocycles. The molecule has 1 unspecified atom stereocenters. The highest BCUT2D eigenvalue weighted by atomic mass is 31.2. The summed E-state index contributed by atoms with van der Waals surface area (Å²) < 4.78 is 49.1. The van der Waals surface area contributed by atoms with Crippen LogP contribution in [-0.4, -0.2) is 94.4 Å². The van der Waals surface area contributed by atoms with Gasteiger partial charge in [0.05, 0.1) is 52.4 Å². The molecule has 1 aliphatic carbocycles. The fourth-order valence-corrected chi connectivity index (χ4v) is 12.7. The van der Waals surface area contributed by atoms with E-state index in [-0.39, 0.29) is 62.5 Å². The first-order valence-electron chi connectivity index (χ1n) is 27.3. The van der Waals surface area contributed by atoms with Gasteiger partial charge in [0.2, 0.25) is 0 Å². The van der Waals surface area contributed by atoms with E-state index < -0.39 is 38.5 Å². The van der Waals surface area contributed by atoms with Crippen LogP contribution >= 0.6 is 8.53 Å². The van der Waals surface area contributed by atoms with E-state index in [2.05, 4.69) is 78.0 Å². The lowest BCUT2D eigenvalue weighted by Crippen LogP contribution is -2.39. The zero-order valence-corrected chi connectivity index (χ0v) is 47.2. The van der Waals surface area contributed by atoms with Crippen molar-refractivity contribution >= 4 is 37.4 Å². The number of aryl methyl sites for hydroxylation is 1. The number of benzene rings is 6. The van der Waals surface area contributed by atoms with Crippen LogP contribution in [0.2, 0.25) is 0 Å². The van der Waals surface area contributed by atoms with E-state index in [1.54, 1.807) is 32.7 Å². The molecule has 10 rings (SSSR count). The average Bonchev–Trinajstić information content (AvgIpc) is 4.30. The van der Waals surface area contributed by atoms with Crippen LogP contribution in [0, 0.1) is 11.3 Å². The van der Waals surface area contributed by atoms with Crippen molar-refractivity contribution < 1.29 is 42.3 Å². The van der Waals surface area contributed by atoms with Gasteiger partial charge in [-0.2, -0.15) is 5.26 Å². The second-order valence-corrected chi connectivity index (χ2v) is 21.9. The molecule has 2 aliphatic rings. The number of fused-ring (bicyclic) bond motifs is 4. The largest absolute Gasteiger partial charge is 0.497 e. The predicted molar refractivity (Wildman–Crippen MR) is 310 cm³/mol. The standard InChI is InChI=1S/C64H66N7O9P/c1-42(2)71(43(3)4)81(78-36-14-35-65)80-56-37-58(79-57(56)39-77-64(46-15-8-7-9-16-46,47-26-30-49(74-5)31-27-47)48-28-32-50(75-6)33-29-48)70-41-68-60-61(66-40-67-62(60)70)69-63(73)45-24-21-44(22-25-45)23-34-59(72)76-38-55-53-19-12-10-17-51(53)52-18-11-13-20-54(52)55/h7-13,15-22,24-33,40-43,55-58H,14,23,34,36-39H2,1-6H3,(H,66,67,69,73)/t56-,57+,58+,81?/m0/s1. The van der Waals surface area contributed by atoms with Crippen molar-refractivity contribution in [1.82, 2.24) is 24.2 Å². The minimum atomic E-state index is -1.71. The molecule has 0 bridgehead atoms. The van der Waals surface area contributed by atoms with Gasteiger partial charge in [-0.15, -0.1) is 0 Å². The molecule has 1 N–H and O–H groups in total. The van der Waals surface area contributed by atoms with E-state index in [1.165, 1.54) is 28.6 Å². The number of imidazole rings is 1. The predicted octanol–water partition coefficient (Wildman–Crippen LogP) is 12.3. The molecule has 0 spiro atoms. The SMILES string of the molecule is COc1ccc(C(OC[C@H]2O[C@@H](n3cnc4c(NC(=O)c5ccc(CCC(=O)OCC6c7ccccc7-c7ccccc76)cc5)ncnc43)C[C@@H]2OP(OCCC#N)N(C(C)C)C(C)C)(c2ccccc2)c2ccc(OC)cc2)cc1. The van der Waals surface area contributed by atoms with Crippen LogP contribution in [0.5, 0.6) is 11.5 Å². The Hall–Kier alpha value is -7.87. The van der Waals surface area contributed by atoms with E-state index in [4.69, 9.17) is 37.7 Å². The van der Waals surface area contributed by atoms with E-state index in [0.717, 1.165) is 22.3 Å². The summed E-state index contributed by atoms with van der Waals surface area (Å²) in [6.07, 6.45) is 2.27. The zero-order valence-electron chi connectivity index (χ0n) is 46.3. The molecule has 416 valence electrons. The Morgan fingerprint density at radius 2 is 1.37 bits per heavy atom. The number of nitrogens with one attached hydrogen (secondary N) is 1. The fourth-order valence-electron chi connectivity index (χ4n) is 10.9. The van der Waals surface area contributed by atoms with E-state index >= 15 is 0 Å². The summed E-state index contributed by atoms with van der Waals surface area (Å²) >= 11 is 0. The number of carbonyl (C=O) groups is 2. The topological polar surface area (TPSA) is 181 Å². The molecular formula is C64H66N7O9P. The van der Waals surface area contributed by atoms with Gasteiger partial charge in [-0.05, 0) is 115 Å². The number of hydrogen-bond acceptors (Lipinski definition) is 14. The van der Waals surface area contributed by atoms with Gasteiger partial charge in [-0.1, -0.05) is 115 Å². The van der Waals surface area contributed by atoms with Crippen LogP contribution in [0.4, 0.5) is 5.82 Å². The van der Waals surface area contributed by atoms with Crippen molar-refractivity contribution in [2.45, 2.75) is 95.4 Å². The molecule has 4 atom stereocenters. The number of esters is 1. The Morgan fingerprint density at radius 3 is 1.98 bits per heavy atom. The zero-order chi connectivity index (χ0) is 56.5. The number of aromatic nitrogens is 4. The van der Waals surface area contributed by atoms with Crippen molar-refractivity contribution in [1.29, 1.82) is 5.26 Å². The van der Waals surface area contributed by atoms with E-state index in [9.17, 15) is 14.9 Å². The van der Waals surface area contributed by atoms with Crippen molar-refractivity contribution in [3.8, 4) is 28.7 Å². The Balaban J connectivity index is 0.877. The highest BCUT2D eigenvalue weighted by molar-refractivity contribution is 7.44. The molecular weight excluding hydrogens is 1040 g/mol. The third-order valence-corrected chi connectivity index (χ3v) is 17.0. The lowest BCUT2D eigenvalue weighted by atomic mass is 9.80. The fraction of sp³-hybridized carbons (Fsp3) is 0.312. The minimum Gasteiger partial charge on any atom is -0.497 e. The summed E-state index contributed by atoms with van der Waals surface area (Å²) in [5.41, 5.74) is 8.20. The second kappa shape index (κ2) is 25.7. The summed E-state index contributed by atoms with van der Waals surface area (Å²) in [4.78, 5) is 40.8. The number of carbonyl (C=O) groups excluding carboxylic acids is 2. The minimum absolute atomic E-state index is 0.0120. The molecule has 17 heteroatoms. The number of anilines is 1. The summed E-state index contributed by atoms with van der Waals surface area (Å²) in [5, 5.41) is 12.5. The maximum atomic E-state index is 13.9. The van der Waals surface area contributed by atoms with Gasteiger partial charge in [0, 0.05) is 36.4 Å². The average molecular weight is 1110 g/mol. The Labute approximate surface area is 473 Å². The molecule has 16 nitrogen and oxygen atoms in total. The summed E-state index contributed by atoms with van der Waals surface area (Å²) in [6.45, 7) is 8.89. The highest BCUT2D eigenvalue weighted by Crippen LogP contribution is 2.51. The molecule has 1 amide bonds. The summed E-state index contributed by atoms with van der Waals surface area (Å²) in [7, 11) is 1.57. The number of rotatable bonds is 24. The molecule has 1 saturated heterocycles.